The first-order chi connectivity index (χ1) is 8.22. The van der Waals surface area contributed by atoms with Crippen LogP contribution in [0.4, 0.5) is 10.2 Å². The van der Waals surface area contributed by atoms with Crippen LogP contribution in [0.2, 0.25) is 5.02 Å². The van der Waals surface area contributed by atoms with Gasteiger partial charge in [0, 0.05) is 25.4 Å². The maximum atomic E-state index is 13.8. The number of piperidine rings is 1. The molecule has 1 saturated heterocycles. The van der Waals surface area contributed by atoms with Gasteiger partial charge in [0.25, 0.3) is 0 Å². The molecule has 2 heterocycles. The van der Waals surface area contributed by atoms with Gasteiger partial charge in [0.2, 0.25) is 0 Å². The van der Waals surface area contributed by atoms with E-state index in [4.69, 9.17) is 16.7 Å². The third-order valence-corrected chi connectivity index (χ3v) is 3.36. The number of pyridine rings is 1. The van der Waals surface area contributed by atoms with Crippen LogP contribution in [0.5, 0.6) is 0 Å². The number of rotatable bonds is 3. The molecule has 0 aromatic carbocycles. The molecule has 1 aromatic heterocycles. The quantitative estimate of drug-likeness (QED) is 0.905. The molecule has 0 amide bonds. The molecule has 94 valence electrons. The van der Waals surface area contributed by atoms with E-state index in [1.807, 2.05) is 4.90 Å². The van der Waals surface area contributed by atoms with Crippen molar-refractivity contribution in [1.29, 1.82) is 0 Å². The Balaban J connectivity index is 2.23. The molecule has 0 spiro atoms. The van der Waals surface area contributed by atoms with Crippen LogP contribution in [0.3, 0.4) is 0 Å². The molecule has 1 fully saturated rings. The summed E-state index contributed by atoms with van der Waals surface area (Å²) in [5.41, 5.74) is 0. The second-order valence-corrected chi connectivity index (χ2v) is 4.75. The highest BCUT2D eigenvalue weighted by Gasteiger charge is 2.25. The Hall–Kier alpha value is -0.870. The Kier molecular flexibility index (Phi) is 4.18. The van der Waals surface area contributed by atoms with Crippen molar-refractivity contribution in [3.8, 4) is 0 Å². The number of aliphatic hydroxyl groups excluding tert-OH is 1. The van der Waals surface area contributed by atoms with Crippen molar-refractivity contribution in [2.45, 2.75) is 31.7 Å². The van der Waals surface area contributed by atoms with Gasteiger partial charge in [-0.25, -0.2) is 9.37 Å². The highest BCUT2D eigenvalue weighted by molar-refractivity contribution is 6.30. The molecule has 0 radical (unpaired) electrons. The Bertz CT molecular complexity index is 387. The van der Waals surface area contributed by atoms with E-state index in [0.29, 0.717) is 17.3 Å². The maximum absolute atomic E-state index is 13.8. The van der Waals surface area contributed by atoms with E-state index in [0.717, 1.165) is 25.8 Å². The minimum atomic E-state index is -0.387. The van der Waals surface area contributed by atoms with Crippen LogP contribution in [-0.4, -0.2) is 29.3 Å². The molecular formula is C12H16ClFN2O. The summed E-state index contributed by atoms with van der Waals surface area (Å²) in [7, 11) is 0. The lowest BCUT2D eigenvalue weighted by atomic mass is 9.99. The van der Waals surface area contributed by atoms with Crippen LogP contribution in [-0.2, 0) is 0 Å². The predicted molar refractivity (Wildman–Crippen MR) is 65.9 cm³/mol. The summed E-state index contributed by atoms with van der Waals surface area (Å²) >= 11 is 5.69. The van der Waals surface area contributed by atoms with Gasteiger partial charge in [-0.2, -0.15) is 0 Å². The molecule has 1 aromatic rings. The van der Waals surface area contributed by atoms with Crippen molar-refractivity contribution in [3.05, 3.63) is 23.1 Å². The van der Waals surface area contributed by atoms with Crippen LogP contribution in [0.1, 0.15) is 25.7 Å². The Morgan fingerprint density at radius 2 is 2.35 bits per heavy atom. The van der Waals surface area contributed by atoms with E-state index in [1.54, 1.807) is 0 Å². The van der Waals surface area contributed by atoms with Gasteiger partial charge in [-0.3, -0.25) is 0 Å². The van der Waals surface area contributed by atoms with Crippen LogP contribution in [0, 0.1) is 5.82 Å². The number of hydrogen-bond acceptors (Lipinski definition) is 3. The molecule has 1 aliphatic rings. The number of hydrogen-bond donors (Lipinski definition) is 1. The van der Waals surface area contributed by atoms with E-state index < -0.39 is 0 Å². The molecule has 1 atom stereocenters. The average Bonchev–Trinajstić information content (AvgIpc) is 2.31. The summed E-state index contributed by atoms with van der Waals surface area (Å²) in [5, 5.41) is 9.34. The van der Waals surface area contributed by atoms with Crippen molar-refractivity contribution in [2.24, 2.45) is 0 Å². The number of aromatic nitrogens is 1. The smallest absolute Gasteiger partial charge is 0.167 e. The molecule has 0 saturated carbocycles. The highest BCUT2D eigenvalue weighted by atomic mass is 35.5. The first kappa shape index (κ1) is 12.6. The lowest BCUT2D eigenvalue weighted by Crippen LogP contribution is -2.41. The fraction of sp³-hybridized carbons (Fsp3) is 0.583. The summed E-state index contributed by atoms with van der Waals surface area (Å²) in [5.74, 6) is -0.0325. The summed E-state index contributed by atoms with van der Waals surface area (Å²) in [6, 6.07) is 1.46. The van der Waals surface area contributed by atoms with Crippen LogP contribution < -0.4 is 4.90 Å². The van der Waals surface area contributed by atoms with E-state index in [-0.39, 0.29) is 18.5 Å². The second-order valence-electron chi connectivity index (χ2n) is 4.31. The zero-order chi connectivity index (χ0) is 12.3. The SMILES string of the molecule is OCCC1CCCCN1c1ncc(Cl)cc1F. The molecule has 1 unspecified atom stereocenters. The first-order valence-electron chi connectivity index (χ1n) is 5.91. The van der Waals surface area contributed by atoms with E-state index >= 15 is 0 Å². The van der Waals surface area contributed by atoms with Gasteiger partial charge >= 0.3 is 0 Å². The molecule has 3 nitrogen and oxygen atoms in total. The normalized spacial score (nSPS) is 20.6. The monoisotopic (exact) mass is 258 g/mol. The molecular weight excluding hydrogens is 243 g/mol. The van der Waals surface area contributed by atoms with E-state index in [9.17, 15) is 4.39 Å². The molecule has 1 aliphatic heterocycles. The van der Waals surface area contributed by atoms with Crippen molar-refractivity contribution in [3.63, 3.8) is 0 Å². The standard InChI is InChI=1S/C12H16ClFN2O/c13-9-7-11(14)12(15-8-9)16-5-2-1-3-10(16)4-6-17/h7-8,10,17H,1-6H2. The lowest BCUT2D eigenvalue weighted by Gasteiger charge is -2.36. The van der Waals surface area contributed by atoms with Gasteiger partial charge in [-0.1, -0.05) is 11.6 Å². The molecule has 2 rings (SSSR count). The number of anilines is 1. The number of nitrogens with zero attached hydrogens (tertiary/aromatic N) is 2. The van der Waals surface area contributed by atoms with E-state index in [2.05, 4.69) is 4.98 Å². The van der Waals surface area contributed by atoms with Gasteiger partial charge in [0.15, 0.2) is 11.6 Å². The topological polar surface area (TPSA) is 36.4 Å². The molecule has 5 heteroatoms. The minimum absolute atomic E-state index is 0.121. The summed E-state index contributed by atoms with van der Waals surface area (Å²) in [6.45, 7) is 0.909. The number of halogens is 2. The summed E-state index contributed by atoms with van der Waals surface area (Å²) < 4.78 is 13.8. The first-order valence-corrected chi connectivity index (χ1v) is 6.28. The van der Waals surface area contributed by atoms with Gasteiger partial charge in [-0.05, 0) is 31.7 Å². The summed E-state index contributed by atoms with van der Waals surface area (Å²) in [4.78, 5) is 6.02. The molecule has 0 aliphatic carbocycles. The van der Waals surface area contributed by atoms with Gasteiger partial charge in [0.05, 0.1) is 5.02 Å². The lowest BCUT2D eigenvalue weighted by molar-refractivity contribution is 0.261. The third kappa shape index (κ3) is 2.87. The predicted octanol–water partition coefficient (Wildman–Crippen LogP) is 2.62. The molecule has 0 bridgehead atoms. The van der Waals surface area contributed by atoms with Crippen molar-refractivity contribution in [1.82, 2.24) is 4.98 Å². The number of aliphatic hydroxyl groups is 1. The van der Waals surface area contributed by atoms with Gasteiger partial charge in [-0.15, -0.1) is 0 Å². The highest BCUT2D eigenvalue weighted by Crippen LogP contribution is 2.27. The fourth-order valence-electron chi connectivity index (χ4n) is 2.35. The third-order valence-electron chi connectivity index (χ3n) is 3.15. The van der Waals surface area contributed by atoms with Gasteiger partial charge < -0.3 is 10.0 Å². The van der Waals surface area contributed by atoms with Crippen molar-refractivity contribution in [2.75, 3.05) is 18.1 Å². The largest absolute Gasteiger partial charge is 0.396 e. The second kappa shape index (κ2) is 5.65. The zero-order valence-corrected chi connectivity index (χ0v) is 10.3. The van der Waals surface area contributed by atoms with Crippen LogP contribution in [0.25, 0.3) is 0 Å². The zero-order valence-electron chi connectivity index (χ0n) is 9.57. The minimum Gasteiger partial charge on any atom is -0.396 e. The maximum Gasteiger partial charge on any atom is 0.167 e. The van der Waals surface area contributed by atoms with Crippen LogP contribution >= 0.6 is 11.6 Å². The molecule has 17 heavy (non-hydrogen) atoms. The Morgan fingerprint density at radius 3 is 3.06 bits per heavy atom. The summed E-state index contributed by atoms with van der Waals surface area (Å²) in [6.07, 6.45) is 5.25. The van der Waals surface area contributed by atoms with Gasteiger partial charge in [0.1, 0.15) is 0 Å². The van der Waals surface area contributed by atoms with E-state index in [1.165, 1.54) is 12.3 Å². The molecule has 1 N–H and O–H groups in total. The Morgan fingerprint density at radius 1 is 1.53 bits per heavy atom. The average molecular weight is 259 g/mol. The Labute approximate surface area is 105 Å². The van der Waals surface area contributed by atoms with Crippen LogP contribution in [0.15, 0.2) is 12.3 Å². The van der Waals surface area contributed by atoms with Crippen molar-refractivity contribution < 1.29 is 9.50 Å². The fourth-order valence-corrected chi connectivity index (χ4v) is 2.49. The van der Waals surface area contributed by atoms with Crippen molar-refractivity contribution >= 4 is 17.4 Å².